The maximum atomic E-state index is 12.7. The minimum absolute atomic E-state index is 0.133. The zero-order chi connectivity index (χ0) is 19.9. The van der Waals surface area contributed by atoms with Crippen LogP contribution in [0.2, 0.25) is 0 Å². The fourth-order valence-corrected chi connectivity index (χ4v) is 6.49. The average molecular weight is 423 g/mol. The van der Waals surface area contributed by atoms with E-state index in [0.29, 0.717) is 23.0 Å². The molecular formula is C20H26N2O4S2. The summed E-state index contributed by atoms with van der Waals surface area (Å²) in [6.45, 7) is 1.52. The number of hydrogen-bond donors (Lipinski definition) is 1. The van der Waals surface area contributed by atoms with Crippen LogP contribution >= 0.6 is 21.6 Å². The molecule has 3 rings (SSSR count). The summed E-state index contributed by atoms with van der Waals surface area (Å²) in [7, 11) is 3.87. The van der Waals surface area contributed by atoms with Crippen molar-refractivity contribution in [2.75, 3.05) is 22.6 Å². The molecule has 0 radical (unpaired) electrons. The molecule has 152 valence electrons. The largest absolute Gasteiger partial charge is 0.456 e. The van der Waals surface area contributed by atoms with E-state index in [1.165, 1.54) is 12.2 Å². The van der Waals surface area contributed by atoms with Gasteiger partial charge in [-0.2, -0.15) is 0 Å². The van der Waals surface area contributed by atoms with Gasteiger partial charge < -0.3 is 15.0 Å². The summed E-state index contributed by atoms with van der Waals surface area (Å²) in [5.41, 5.74) is 1.23. The van der Waals surface area contributed by atoms with Crippen molar-refractivity contribution in [1.82, 2.24) is 0 Å². The lowest BCUT2D eigenvalue weighted by molar-refractivity contribution is -0.148. The second-order valence-corrected chi connectivity index (χ2v) is 9.91. The van der Waals surface area contributed by atoms with Crippen LogP contribution in [0.15, 0.2) is 24.3 Å². The van der Waals surface area contributed by atoms with E-state index >= 15 is 0 Å². The van der Waals surface area contributed by atoms with Crippen LogP contribution in [0.4, 0.5) is 11.4 Å². The lowest BCUT2D eigenvalue weighted by Gasteiger charge is -2.27. The molecule has 0 unspecified atom stereocenters. The summed E-state index contributed by atoms with van der Waals surface area (Å²) >= 11 is 0. The first-order valence-corrected chi connectivity index (χ1v) is 12.1. The molecule has 6 nitrogen and oxygen atoms in total. The van der Waals surface area contributed by atoms with E-state index in [9.17, 15) is 14.4 Å². The van der Waals surface area contributed by atoms with Crippen molar-refractivity contribution in [2.24, 2.45) is 0 Å². The molecule has 0 aromatic heterocycles. The van der Waals surface area contributed by atoms with Gasteiger partial charge in [0.2, 0.25) is 5.91 Å². The fraction of sp³-hybridized carbons (Fsp3) is 0.550. The van der Waals surface area contributed by atoms with Gasteiger partial charge in [0.15, 0.2) is 6.61 Å². The third kappa shape index (κ3) is 5.67. The number of anilines is 2. The molecule has 8 heteroatoms. The average Bonchev–Trinajstić information content (AvgIpc) is 3.14. The number of nitrogens with one attached hydrogen (secondary N) is 1. The predicted molar refractivity (Wildman–Crippen MR) is 115 cm³/mol. The Labute approximate surface area is 173 Å². The van der Waals surface area contributed by atoms with Crippen LogP contribution in [0.1, 0.15) is 45.4 Å². The fourth-order valence-electron chi connectivity index (χ4n) is 3.46. The molecule has 2 aliphatic heterocycles. The van der Waals surface area contributed by atoms with Gasteiger partial charge in [0.05, 0.1) is 11.4 Å². The first-order chi connectivity index (χ1) is 13.5. The van der Waals surface area contributed by atoms with Crippen LogP contribution in [0.25, 0.3) is 0 Å². The Morgan fingerprint density at radius 1 is 1.29 bits per heavy atom. The van der Waals surface area contributed by atoms with Gasteiger partial charge >= 0.3 is 5.97 Å². The molecule has 0 spiro atoms. The van der Waals surface area contributed by atoms with Gasteiger partial charge in [0.1, 0.15) is 0 Å². The minimum Gasteiger partial charge on any atom is -0.456 e. The van der Waals surface area contributed by atoms with Crippen molar-refractivity contribution >= 4 is 50.7 Å². The van der Waals surface area contributed by atoms with Crippen LogP contribution in [0, 0.1) is 0 Å². The summed E-state index contributed by atoms with van der Waals surface area (Å²) in [6, 6.07) is 6.86. The Hall–Kier alpha value is -1.67. The molecule has 1 saturated heterocycles. The van der Waals surface area contributed by atoms with Gasteiger partial charge in [0.25, 0.3) is 5.91 Å². The first kappa shape index (κ1) is 21.0. The highest BCUT2D eigenvalue weighted by molar-refractivity contribution is 8.77. The summed E-state index contributed by atoms with van der Waals surface area (Å²) in [4.78, 5) is 38.3. The summed E-state index contributed by atoms with van der Waals surface area (Å²) < 4.78 is 5.22. The number of carbonyl (C=O) groups excluding carboxylic acids is 3. The summed E-state index contributed by atoms with van der Waals surface area (Å²) in [6.07, 6.45) is 4.71. The molecule has 28 heavy (non-hydrogen) atoms. The molecular weight excluding hydrogens is 396 g/mol. The number of nitrogens with zero attached hydrogens (tertiary/aromatic N) is 1. The van der Waals surface area contributed by atoms with Crippen LogP contribution < -0.4 is 10.2 Å². The molecule has 0 saturated carbocycles. The number of fused-ring (bicyclic) bond motifs is 1. The Bertz CT molecular complexity index is 722. The Morgan fingerprint density at radius 3 is 2.89 bits per heavy atom. The molecule has 0 bridgehead atoms. The van der Waals surface area contributed by atoms with Crippen LogP contribution in [0.3, 0.4) is 0 Å². The molecule has 0 aliphatic carbocycles. The van der Waals surface area contributed by atoms with Gasteiger partial charge in [0, 0.05) is 29.9 Å². The van der Waals surface area contributed by atoms with E-state index in [1.54, 1.807) is 23.1 Å². The second kappa shape index (κ2) is 10.2. The molecule has 2 amide bonds. The van der Waals surface area contributed by atoms with Gasteiger partial charge in [-0.25, -0.2) is 0 Å². The molecule has 2 atom stereocenters. The Morgan fingerprint density at radius 2 is 2.11 bits per heavy atom. The van der Waals surface area contributed by atoms with Crippen LogP contribution in [-0.2, 0) is 19.1 Å². The highest BCUT2D eigenvalue weighted by Gasteiger charge is 2.30. The third-order valence-corrected chi connectivity index (χ3v) is 7.88. The van der Waals surface area contributed by atoms with Crippen LogP contribution in [-0.4, -0.2) is 41.4 Å². The van der Waals surface area contributed by atoms with E-state index in [1.807, 2.05) is 34.6 Å². The van der Waals surface area contributed by atoms with E-state index in [4.69, 9.17) is 4.74 Å². The number of esters is 1. The van der Waals surface area contributed by atoms with Crippen molar-refractivity contribution in [2.45, 2.75) is 56.7 Å². The Balaban J connectivity index is 1.48. The number of ether oxygens (including phenoxy) is 1. The van der Waals surface area contributed by atoms with Crippen molar-refractivity contribution in [1.29, 1.82) is 0 Å². The predicted octanol–water partition coefficient (Wildman–Crippen LogP) is 4.01. The highest BCUT2D eigenvalue weighted by Crippen LogP contribution is 2.39. The van der Waals surface area contributed by atoms with E-state index in [-0.39, 0.29) is 36.9 Å². The van der Waals surface area contributed by atoms with E-state index < -0.39 is 0 Å². The smallest absolute Gasteiger partial charge is 0.306 e. The van der Waals surface area contributed by atoms with Crippen molar-refractivity contribution in [3.63, 3.8) is 0 Å². The lowest BCUT2D eigenvalue weighted by Crippen LogP contribution is -2.41. The zero-order valence-corrected chi connectivity index (χ0v) is 17.7. The topological polar surface area (TPSA) is 75.7 Å². The number of rotatable bonds is 7. The molecule has 2 heterocycles. The van der Waals surface area contributed by atoms with Crippen molar-refractivity contribution in [3.8, 4) is 0 Å². The van der Waals surface area contributed by atoms with Crippen molar-refractivity contribution < 1.29 is 19.1 Å². The number of hydrogen-bond acceptors (Lipinski definition) is 6. The number of unbranched alkanes of at least 4 members (excludes halogenated alkanes) is 1. The molecule has 1 aromatic carbocycles. The highest BCUT2D eigenvalue weighted by atomic mass is 33.1. The van der Waals surface area contributed by atoms with Gasteiger partial charge in [-0.1, -0.05) is 40.1 Å². The summed E-state index contributed by atoms with van der Waals surface area (Å²) in [5.74, 6) is 0.431. The molecule has 1 N–H and O–H groups in total. The van der Waals surface area contributed by atoms with Crippen molar-refractivity contribution in [3.05, 3.63) is 24.3 Å². The SMILES string of the molecule is C[C@H]1CC(=O)Nc2ccccc2N1C(=O)COC(=O)CCCC[C@H]1CCSS1. The third-order valence-electron chi connectivity index (χ3n) is 4.87. The normalized spacial score (nSPS) is 21.6. The zero-order valence-electron chi connectivity index (χ0n) is 16.0. The Kier molecular flexibility index (Phi) is 7.67. The maximum Gasteiger partial charge on any atom is 0.306 e. The number of amides is 2. The molecule has 2 aliphatic rings. The number of carbonyl (C=O) groups is 3. The van der Waals surface area contributed by atoms with Crippen LogP contribution in [0.5, 0.6) is 0 Å². The number of para-hydroxylation sites is 2. The standard InChI is InChI=1S/C20H26N2O4S2/c1-14-12-18(23)21-16-7-3-4-8-17(16)22(14)19(24)13-26-20(25)9-5-2-6-15-10-11-27-28-15/h3-4,7-8,14-15H,2,5-6,9-13H2,1H3,(H,21,23)/t14-,15-/m0/s1. The van der Waals surface area contributed by atoms with Gasteiger partial charge in [-0.05, 0) is 38.3 Å². The first-order valence-electron chi connectivity index (χ1n) is 9.69. The monoisotopic (exact) mass is 422 g/mol. The van der Waals surface area contributed by atoms with Gasteiger partial charge in [-0.3, -0.25) is 14.4 Å². The van der Waals surface area contributed by atoms with Gasteiger partial charge in [-0.15, -0.1) is 0 Å². The lowest BCUT2D eigenvalue weighted by atomic mass is 10.1. The minimum atomic E-state index is -0.341. The maximum absolute atomic E-state index is 12.7. The number of benzene rings is 1. The molecule has 1 aromatic rings. The van der Waals surface area contributed by atoms with E-state index in [0.717, 1.165) is 19.3 Å². The summed E-state index contributed by atoms with van der Waals surface area (Å²) in [5, 5.41) is 3.53. The molecule has 1 fully saturated rings. The quantitative estimate of drug-likeness (QED) is 0.407. The van der Waals surface area contributed by atoms with E-state index in [2.05, 4.69) is 5.32 Å². The second-order valence-electron chi connectivity index (χ2n) is 7.12.